The number of rotatable bonds is 59. The van der Waals surface area contributed by atoms with Crippen molar-refractivity contribution in [1.82, 2.24) is 5.32 Å². The average Bonchev–Trinajstić information content (AvgIpc) is 3.32. The standard InChI is InChI=1S/C61H125N2O6P/c1-6-8-10-12-14-16-18-20-22-24-26-28-29-30-31-32-33-35-37-39-41-43-45-47-49-51-53-55-61(65)62-59(58-69-70(66,67)68-57-56-63(3,4)5)60(64)54-52-50-48-46-44-42-40-38-36-34-27-25-23-21-19-17-15-13-11-9-7-2/h59-60,64H,6-58H2,1-5H3,(H-,62,65,66,67). The summed E-state index contributed by atoms with van der Waals surface area (Å²) in [4.78, 5) is 25.6. The summed E-state index contributed by atoms with van der Waals surface area (Å²) in [6.07, 6.45) is 64.4. The van der Waals surface area contributed by atoms with Gasteiger partial charge in [0.2, 0.25) is 5.91 Å². The largest absolute Gasteiger partial charge is 0.756 e. The Morgan fingerprint density at radius 1 is 0.443 bits per heavy atom. The molecule has 0 aliphatic carbocycles. The van der Waals surface area contributed by atoms with Crippen LogP contribution in [0.1, 0.15) is 335 Å². The van der Waals surface area contributed by atoms with E-state index in [9.17, 15) is 19.4 Å². The molecule has 0 heterocycles. The summed E-state index contributed by atoms with van der Waals surface area (Å²) < 4.78 is 23.5. The van der Waals surface area contributed by atoms with Crippen LogP contribution >= 0.6 is 7.82 Å². The van der Waals surface area contributed by atoms with E-state index in [1.165, 1.54) is 270 Å². The molecule has 70 heavy (non-hydrogen) atoms. The summed E-state index contributed by atoms with van der Waals surface area (Å²) in [5, 5.41) is 14.1. The Labute approximate surface area is 438 Å². The van der Waals surface area contributed by atoms with Gasteiger partial charge in [-0.25, -0.2) is 0 Å². The monoisotopic (exact) mass is 1010 g/mol. The first-order valence-electron chi connectivity index (χ1n) is 31.4. The van der Waals surface area contributed by atoms with Gasteiger partial charge < -0.3 is 28.8 Å². The lowest BCUT2D eigenvalue weighted by Crippen LogP contribution is -2.46. The van der Waals surface area contributed by atoms with E-state index in [1.807, 2.05) is 21.1 Å². The van der Waals surface area contributed by atoms with Crippen molar-refractivity contribution in [2.75, 3.05) is 40.9 Å². The van der Waals surface area contributed by atoms with Crippen molar-refractivity contribution in [3.63, 3.8) is 0 Å². The number of nitrogens with one attached hydrogen (secondary N) is 1. The van der Waals surface area contributed by atoms with E-state index in [0.29, 0.717) is 23.9 Å². The number of hydrogen-bond donors (Lipinski definition) is 2. The van der Waals surface area contributed by atoms with E-state index in [1.54, 1.807) is 0 Å². The average molecular weight is 1010 g/mol. The number of carbonyl (C=O) groups is 1. The highest BCUT2D eigenvalue weighted by molar-refractivity contribution is 7.45. The van der Waals surface area contributed by atoms with Crippen LogP contribution in [-0.2, 0) is 18.4 Å². The van der Waals surface area contributed by atoms with Crippen LogP contribution in [0, 0.1) is 0 Å². The van der Waals surface area contributed by atoms with Crippen molar-refractivity contribution in [2.45, 2.75) is 347 Å². The van der Waals surface area contributed by atoms with Crippen LogP contribution in [0.25, 0.3) is 0 Å². The molecule has 0 spiro atoms. The number of hydrogen-bond acceptors (Lipinski definition) is 6. The molecule has 0 rings (SSSR count). The van der Waals surface area contributed by atoms with Gasteiger partial charge in [-0.1, -0.05) is 316 Å². The van der Waals surface area contributed by atoms with E-state index in [-0.39, 0.29) is 19.1 Å². The molecule has 3 atom stereocenters. The molecule has 0 aromatic rings. The van der Waals surface area contributed by atoms with Crippen molar-refractivity contribution in [3.8, 4) is 0 Å². The number of unbranched alkanes of at least 4 members (excludes halogenated alkanes) is 46. The number of likely N-dealkylation sites (N-methyl/N-ethyl adjacent to an activating group) is 1. The highest BCUT2D eigenvalue weighted by Gasteiger charge is 2.24. The first-order chi connectivity index (χ1) is 34.0. The maximum atomic E-state index is 13.0. The van der Waals surface area contributed by atoms with Gasteiger partial charge in [0, 0.05) is 6.42 Å². The summed E-state index contributed by atoms with van der Waals surface area (Å²) in [5.74, 6) is -0.155. The number of amides is 1. The lowest BCUT2D eigenvalue weighted by atomic mass is 10.0. The Hall–Kier alpha value is -0.500. The van der Waals surface area contributed by atoms with Gasteiger partial charge in [0.1, 0.15) is 13.2 Å². The number of quaternary nitrogens is 1. The van der Waals surface area contributed by atoms with Crippen LogP contribution in [0.15, 0.2) is 0 Å². The van der Waals surface area contributed by atoms with E-state index in [2.05, 4.69) is 19.2 Å². The Morgan fingerprint density at radius 2 is 0.700 bits per heavy atom. The number of nitrogens with zero attached hydrogens (tertiary/aromatic N) is 1. The SMILES string of the molecule is CCCCCCCCCCCCCCCCCCCCCCCCCCCCCC(=O)NC(COP(=O)([O-])OCC[N+](C)(C)C)C(O)CCCCCCCCCCCCCCCCCCCCCCC. The maximum absolute atomic E-state index is 13.0. The Kier molecular flexibility index (Phi) is 52.9. The van der Waals surface area contributed by atoms with Crippen molar-refractivity contribution in [2.24, 2.45) is 0 Å². The lowest BCUT2D eigenvalue weighted by molar-refractivity contribution is -0.870. The van der Waals surface area contributed by atoms with Crippen LogP contribution in [0.3, 0.4) is 0 Å². The Bertz CT molecular complexity index is 1100. The minimum Gasteiger partial charge on any atom is -0.756 e. The van der Waals surface area contributed by atoms with Crippen LogP contribution in [0.2, 0.25) is 0 Å². The molecule has 0 aromatic carbocycles. The molecule has 1 amide bonds. The molecule has 2 N–H and O–H groups in total. The van der Waals surface area contributed by atoms with Crippen molar-refractivity contribution < 1.29 is 32.9 Å². The van der Waals surface area contributed by atoms with Crippen LogP contribution in [-0.4, -0.2) is 68.5 Å². The smallest absolute Gasteiger partial charge is 0.268 e. The second-order valence-corrected chi connectivity index (χ2v) is 24.5. The van der Waals surface area contributed by atoms with Gasteiger partial charge in [0.25, 0.3) is 7.82 Å². The fourth-order valence-electron chi connectivity index (χ4n) is 9.93. The number of phosphoric ester groups is 1. The summed E-state index contributed by atoms with van der Waals surface area (Å²) in [7, 11) is 1.33. The van der Waals surface area contributed by atoms with E-state index < -0.39 is 20.0 Å². The third-order valence-corrected chi connectivity index (χ3v) is 15.8. The topological polar surface area (TPSA) is 108 Å². The summed E-state index contributed by atoms with van der Waals surface area (Å²) in [5.41, 5.74) is 0. The van der Waals surface area contributed by atoms with Gasteiger partial charge in [-0.2, -0.15) is 0 Å². The second kappa shape index (κ2) is 53.3. The molecule has 3 unspecified atom stereocenters. The van der Waals surface area contributed by atoms with Gasteiger partial charge >= 0.3 is 0 Å². The Balaban J connectivity index is 4.05. The molecule has 9 heteroatoms. The van der Waals surface area contributed by atoms with Gasteiger partial charge in [0.05, 0.1) is 39.9 Å². The highest BCUT2D eigenvalue weighted by Crippen LogP contribution is 2.38. The van der Waals surface area contributed by atoms with Crippen LogP contribution < -0.4 is 10.2 Å². The van der Waals surface area contributed by atoms with Crippen LogP contribution in [0.4, 0.5) is 0 Å². The summed E-state index contributed by atoms with van der Waals surface area (Å²) in [6.45, 7) is 4.79. The predicted octanol–water partition coefficient (Wildman–Crippen LogP) is 18.6. The summed E-state index contributed by atoms with van der Waals surface area (Å²) in [6, 6.07) is -0.796. The molecule has 0 saturated carbocycles. The van der Waals surface area contributed by atoms with Crippen LogP contribution in [0.5, 0.6) is 0 Å². The first kappa shape index (κ1) is 69.5. The summed E-state index contributed by atoms with van der Waals surface area (Å²) >= 11 is 0. The van der Waals surface area contributed by atoms with Crippen molar-refractivity contribution in [3.05, 3.63) is 0 Å². The molecule has 420 valence electrons. The van der Waals surface area contributed by atoms with E-state index in [0.717, 1.165) is 38.5 Å². The molecule has 0 aliphatic rings. The van der Waals surface area contributed by atoms with Gasteiger partial charge in [-0.3, -0.25) is 9.36 Å². The van der Waals surface area contributed by atoms with Gasteiger partial charge in [0.15, 0.2) is 0 Å². The fourth-order valence-corrected chi connectivity index (χ4v) is 10.7. The zero-order valence-corrected chi connectivity index (χ0v) is 48.9. The van der Waals surface area contributed by atoms with Gasteiger partial charge in [-0.05, 0) is 12.8 Å². The minimum atomic E-state index is -4.57. The predicted molar refractivity (Wildman–Crippen MR) is 303 cm³/mol. The molecule has 0 fully saturated rings. The number of aliphatic hydroxyl groups is 1. The van der Waals surface area contributed by atoms with Crippen molar-refractivity contribution in [1.29, 1.82) is 0 Å². The zero-order chi connectivity index (χ0) is 51.3. The molecule has 8 nitrogen and oxygen atoms in total. The second-order valence-electron chi connectivity index (χ2n) is 23.1. The number of carbonyl (C=O) groups excluding carboxylic acids is 1. The number of phosphoric acid groups is 1. The van der Waals surface area contributed by atoms with E-state index in [4.69, 9.17) is 9.05 Å². The quantitative estimate of drug-likeness (QED) is 0.0357. The molecule has 0 aromatic heterocycles. The fraction of sp³-hybridized carbons (Fsp3) is 0.984. The zero-order valence-electron chi connectivity index (χ0n) is 48.0. The lowest BCUT2D eigenvalue weighted by Gasteiger charge is -2.30. The third kappa shape index (κ3) is 55.3. The third-order valence-electron chi connectivity index (χ3n) is 14.8. The minimum absolute atomic E-state index is 0.0168. The Morgan fingerprint density at radius 3 is 0.971 bits per heavy atom. The highest BCUT2D eigenvalue weighted by atomic mass is 31.2. The van der Waals surface area contributed by atoms with E-state index >= 15 is 0 Å². The normalized spacial score (nSPS) is 13.8. The maximum Gasteiger partial charge on any atom is 0.268 e. The number of aliphatic hydroxyl groups excluding tert-OH is 1. The molecule has 0 bridgehead atoms. The van der Waals surface area contributed by atoms with Crippen molar-refractivity contribution >= 4 is 13.7 Å². The molecular weight excluding hydrogens is 888 g/mol. The molecular formula is C61H125N2O6P. The molecule has 0 radical (unpaired) electrons. The van der Waals surface area contributed by atoms with Gasteiger partial charge in [-0.15, -0.1) is 0 Å². The molecule has 0 aliphatic heterocycles. The first-order valence-corrected chi connectivity index (χ1v) is 32.8. The molecule has 0 saturated heterocycles.